The first-order chi connectivity index (χ1) is 8.32. The molecule has 0 fully saturated rings. The Labute approximate surface area is 107 Å². The van der Waals surface area contributed by atoms with Crippen LogP contribution in [0, 0.1) is 0 Å². The van der Waals surface area contributed by atoms with E-state index in [0.29, 0.717) is 0 Å². The van der Waals surface area contributed by atoms with Crippen LogP contribution in [0.15, 0.2) is 22.8 Å². The van der Waals surface area contributed by atoms with Gasteiger partial charge in [0.2, 0.25) is 5.78 Å². The lowest BCUT2D eigenvalue weighted by atomic mass is 10.3. The predicted molar refractivity (Wildman–Crippen MR) is 68.0 cm³/mol. The fourth-order valence-corrected chi connectivity index (χ4v) is 3.42. The third kappa shape index (κ3) is 4.77. The number of ketones is 1. The minimum Gasteiger partial charge on any atom is -0.461 e. The van der Waals surface area contributed by atoms with Crippen molar-refractivity contribution in [3.63, 3.8) is 0 Å². The Morgan fingerprint density at radius 3 is 2.22 bits per heavy atom. The Balaban J connectivity index is 2.78. The van der Waals surface area contributed by atoms with Crippen LogP contribution in [0.25, 0.3) is 0 Å². The second kappa shape index (κ2) is 6.32. The number of carbonyl (C=O) groups is 1. The van der Waals surface area contributed by atoms with Gasteiger partial charge in [-0.05, 0) is 39.8 Å². The van der Waals surface area contributed by atoms with E-state index >= 15 is 0 Å². The van der Waals surface area contributed by atoms with E-state index in [2.05, 4.69) is 0 Å². The van der Waals surface area contributed by atoms with Crippen molar-refractivity contribution in [3.05, 3.63) is 24.2 Å². The number of Topliss-reactive ketones (excluding diaryl/α,β-unsaturated/α-hetero) is 1. The molecule has 0 aliphatic heterocycles. The molecule has 0 aliphatic carbocycles. The fourth-order valence-electron chi connectivity index (χ4n) is 1.43. The van der Waals surface area contributed by atoms with Crippen LogP contribution in [0.4, 0.5) is 0 Å². The van der Waals surface area contributed by atoms with Gasteiger partial charge in [-0.25, -0.2) is 0 Å². The normalized spacial score (nSPS) is 12.3. The van der Waals surface area contributed by atoms with Crippen LogP contribution < -0.4 is 0 Å². The van der Waals surface area contributed by atoms with Gasteiger partial charge in [-0.15, -0.1) is 0 Å². The monoisotopic (exact) mass is 274 g/mol. The molecule has 0 N–H and O–H groups in total. The molecule has 0 bridgehead atoms. The fraction of sp³-hybridized carbons (Fsp3) is 0.583. The first-order valence-electron chi connectivity index (χ1n) is 5.85. The number of hydrogen-bond acceptors (Lipinski definition) is 5. The molecule has 1 rings (SSSR count). The molecule has 0 saturated carbocycles. The lowest BCUT2D eigenvalue weighted by Gasteiger charge is -2.21. The molecule has 0 aromatic carbocycles. The molecule has 1 aromatic rings. The van der Waals surface area contributed by atoms with Gasteiger partial charge in [0.25, 0.3) is 0 Å². The molecule has 1 heterocycles. The summed E-state index contributed by atoms with van der Waals surface area (Å²) in [6.07, 6.45) is 0.528. The maximum absolute atomic E-state index is 12.4. The third-order valence-electron chi connectivity index (χ3n) is 1.88. The molecular formula is C12H19O5P. The summed E-state index contributed by atoms with van der Waals surface area (Å²) in [4.78, 5) is 11.9. The molecule has 5 nitrogen and oxygen atoms in total. The molecule has 0 atom stereocenters. The Hall–Kier alpha value is -0.900. The molecular weight excluding hydrogens is 255 g/mol. The van der Waals surface area contributed by atoms with E-state index in [1.54, 1.807) is 33.8 Å². The third-order valence-corrected chi connectivity index (χ3v) is 4.04. The van der Waals surface area contributed by atoms with Crippen molar-refractivity contribution in [1.29, 1.82) is 0 Å². The molecule has 0 spiro atoms. The standard InChI is InChI=1S/C12H19O5P/c1-9(2)16-18(14,17-10(3)4)8-11(13)12-6-5-7-15-12/h5-7,9-10H,8H2,1-4H3. The average molecular weight is 274 g/mol. The molecule has 1 aromatic heterocycles. The van der Waals surface area contributed by atoms with Gasteiger partial charge in [0.1, 0.15) is 6.16 Å². The maximum atomic E-state index is 12.4. The second-order valence-electron chi connectivity index (χ2n) is 4.48. The summed E-state index contributed by atoms with van der Waals surface area (Å²) < 4.78 is 28.0. The van der Waals surface area contributed by atoms with Gasteiger partial charge >= 0.3 is 7.60 Å². The molecule has 0 amide bonds. The summed E-state index contributed by atoms with van der Waals surface area (Å²) in [6, 6.07) is 3.13. The summed E-state index contributed by atoms with van der Waals surface area (Å²) in [5.41, 5.74) is 0. The van der Waals surface area contributed by atoms with E-state index in [1.165, 1.54) is 12.3 Å². The summed E-state index contributed by atoms with van der Waals surface area (Å²) >= 11 is 0. The quantitative estimate of drug-likeness (QED) is 0.562. The van der Waals surface area contributed by atoms with Crippen LogP contribution in [-0.2, 0) is 13.6 Å². The van der Waals surface area contributed by atoms with Gasteiger partial charge in [0.15, 0.2) is 5.76 Å². The first kappa shape index (κ1) is 15.2. The van der Waals surface area contributed by atoms with Gasteiger partial charge in [-0.2, -0.15) is 0 Å². The van der Waals surface area contributed by atoms with E-state index < -0.39 is 7.60 Å². The zero-order valence-electron chi connectivity index (χ0n) is 11.1. The Morgan fingerprint density at radius 2 is 1.83 bits per heavy atom. The smallest absolute Gasteiger partial charge is 0.339 e. The highest BCUT2D eigenvalue weighted by Gasteiger charge is 2.32. The average Bonchev–Trinajstić information content (AvgIpc) is 2.65. The zero-order chi connectivity index (χ0) is 13.8. The van der Waals surface area contributed by atoms with Gasteiger partial charge in [-0.3, -0.25) is 9.36 Å². The van der Waals surface area contributed by atoms with Crippen molar-refractivity contribution in [2.45, 2.75) is 39.9 Å². The summed E-state index contributed by atoms with van der Waals surface area (Å²) in [5, 5.41) is 0. The van der Waals surface area contributed by atoms with Gasteiger partial charge in [-0.1, -0.05) is 0 Å². The Bertz CT molecular complexity index is 408. The van der Waals surface area contributed by atoms with Crippen LogP contribution in [-0.4, -0.2) is 24.2 Å². The highest BCUT2D eigenvalue weighted by atomic mass is 31.2. The lowest BCUT2D eigenvalue weighted by Crippen LogP contribution is -2.15. The number of furan rings is 1. The number of rotatable bonds is 7. The largest absolute Gasteiger partial charge is 0.461 e. The van der Waals surface area contributed by atoms with Crippen molar-refractivity contribution in [1.82, 2.24) is 0 Å². The number of carbonyl (C=O) groups excluding carboxylic acids is 1. The molecule has 6 heteroatoms. The molecule has 18 heavy (non-hydrogen) atoms. The predicted octanol–water partition coefficient (Wildman–Crippen LogP) is 3.51. The van der Waals surface area contributed by atoms with E-state index in [1.807, 2.05) is 0 Å². The zero-order valence-corrected chi connectivity index (χ0v) is 12.0. The van der Waals surface area contributed by atoms with Crippen molar-refractivity contribution in [3.8, 4) is 0 Å². The maximum Gasteiger partial charge on any atom is 0.339 e. The van der Waals surface area contributed by atoms with Crippen LogP contribution in [0.5, 0.6) is 0 Å². The van der Waals surface area contributed by atoms with Crippen LogP contribution in [0.2, 0.25) is 0 Å². The van der Waals surface area contributed by atoms with Crippen LogP contribution >= 0.6 is 7.60 Å². The topological polar surface area (TPSA) is 65.7 Å². The van der Waals surface area contributed by atoms with E-state index in [0.717, 1.165) is 0 Å². The second-order valence-corrected chi connectivity index (χ2v) is 6.44. The van der Waals surface area contributed by atoms with Crippen molar-refractivity contribution < 1.29 is 22.8 Å². The minimum absolute atomic E-state index is 0.162. The molecule has 102 valence electrons. The molecule has 0 radical (unpaired) electrons. The summed E-state index contributed by atoms with van der Waals surface area (Å²) in [6.45, 7) is 6.98. The van der Waals surface area contributed by atoms with Crippen molar-refractivity contribution >= 4 is 13.4 Å². The van der Waals surface area contributed by atoms with Crippen LogP contribution in [0.1, 0.15) is 38.2 Å². The van der Waals surface area contributed by atoms with E-state index in [9.17, 15) is 9.36 Å². The van der Waals surface area contributed by atoms with Gasteiger partial charge in [0.05, 0.1) is 18.5 Å². The van der Waals surface area contributed by atoms with Crippen molar-refractivity contribution in [2.24, 2.45) is 0 Å². The minimum atomic E-state index is -3.44. The summed E-state index contributed by atoms with van der Waals surface area (Å²) in [7, 11) is -3.44. The Kier molecular flexibility index (Phi) is 5.32. The molecule has 0 saturated heterocycles. The molecule has 0 unspecified atom stereocenters. The summed E-state index contributed by atoms with van der Waals surface area (Å²) in [5.74, 6) is -0.223. The number of hydrogen-bond donors (Lipinski definition) is 0. The van der Waals surface area contributed by atoms with Crippen molar-refractivity contribution in [2.75, 3.05) is 6.16 Å². The van der Waals surface area contributed by atoms with Gasteiger partial charge in [0, 0.05) is 0 Å². The lowest BCUT2D eigenvalue weighted by molar-refractivity contribution is 0.0963. The van der Waals surface area contributed by atoms with E-state index in [4.69, 9.17) is 13.5 Å². The SMILES string of the molecule is CC(C)OP(=O)(CC(=O)c1ccco1)OC(C)C. The molecule has 0 aliphatic rings. The van der Waals surface area contributed by atoms with Crippen LogP contribution in [0.3, 0.4) is 0 Å². The highest BCUT2D eigenvalue weighted by Crippen LogP contribution is 2.50. The Morgan fingerprint density at radius 1 is 1.28 bits per heavy atom. The highest BCUT2D eigenvalue weighted by molar-refractivity contribution is 7.55. The van der Waals surface area contributed by atoms with Gasteiger partial charge < -0.3 is 13.5 Å². The first-order valence-corrected chi connectivity index (χ1v) is 7.58. The van der Waals surface area contributed by atoms with E-state index in [-0.39, 0.29) is 29.9 Å².